The zero-order valence-corrected chi connectivity index (χ0v) is 17.2. The van der Waals surface area contributed by atoms with Crippen molar-refractivity contribution in [2.45, 2.75) is 0 Å². The Kier molecular flexibility index (Phi) is 5.94. The van der Waals surface area contributed by atoms with Crippen molar-refractivity contribution in [1.29, 1.82) is 0 Å². The van der Waals surface area contributed by atoms with Gasteiger partial charge < -0.3 is 14.2 Å². The maximum absolute atomic E-state index is 12.9. The molecule has 1 aliphatic rings. The van der Waals surface area contributed by atoms with Gasteiger partial charge in [-0.25, -0.2) is 0 Å². The Bertz CT molecular complexity index is 903. The number of amides is 1. The van der Waals surface area contributed by atoms with Gasteiger partial charge in [0, 0.05) is 5.02 Å². The summed E-state index contributed by atoms with van der Waals surface area (Å²) in [7, 11) is 4.62. The van der Waals surface area contributed by atoms with Crippen molar-refractivity contribution in [3.05, 3.63) is 51.9 Å². The molecule has 3 rings (SSSR count). The summed E-state index contributed by atoms with van der Waals surface area (Å²) >= 11 is 12.5. The lowest BCUT2D eigenvalue weighted by molar-refractivity contribution is -0.113. The Hall–Kier alpha value is -2.22. The smallest absolute Gasteiger partial charge is 0.270 e. The largest absolute Gasteiger partial charge is 0.493 e. The minimum absolute atomic E-state index is 0.193. The lowest BCUT2D eigenvalue weighted by Crippen LogP contribution is -2.27. The molecule has 0 radical (unpaired) electrons. The third-order valence-electron chi connectivity index (χ3n) is 3.86. The number of carbonyl (C=O) groups excluding carboxylic acids is 1. The highest BCUT2D eigenvalue weighted by molar-refractivity contribution is 8.27. The van der Waals surface area contributed by atoms with E-state index in [4.69, 9.17) is 38.0 Å². The van der Waals surface area contributed by atoms with Gasteiger partial charge >= 0.3 is 0 Å². The minimum Gasteiger partial charge on any atom is -0.493 e. The number of halogens is 1. The molecule has 5 nitrogen and oxygen atoms in total. The number of hydrogen-bond donors (Lipinski definition) is 0. The number of benzene rings is 2. The lowest BCUT2D eigenvalue weighted by atomic mass is 10.1. The predicted molar refractivity (Wildman–Crippen MR) is 113 cm³/mol. The van der Waals surface area contributed by atoms with Gasteiger partial charge in [0.1, 0.15) is 0 Å². The number of anilines is 1. The molecule has 0 spiro atoms. The molecule has 0 atom stereocenters. The molecule has 0 saturated carbocycles. The van der Waals surface area contributed by atoms with Crippen molar-refractivity contribution in [1.82, 2.24) is 0 Å². The summed E-state index contributed by atoms with van der Waals surface area (Å²) in [6.45, 7) is 0. The van der Waals surface area contributed by atoms with E-state index >= 15 is 0 Å². The van der Waals surface area contributed by atoms with Crippen LogP contribution in [0, 0.1) is 0 Å². The third-order valence-corrected chi connectivity index (χ3v) is 5.42. The molecule has 2 aromatic carbocycles. The van der Waals surface area contributed by atoms with Crippen LogP contribution in [0.25, 0.3) is 6.08 Å². The molecule has 8 heteroatoms. The molecule has 1 fully saturated rings. The fraction of sp³-hybridized carbons (Fsp3) is 0.158. The van der Waals surface area contributed by atoms with E-state index in [2.05, 4.69) is 0 Å². The van der Waals surface area contributed by atoms with Gasteiger partial charge in [0.15, 0.2) is 15.8 Å². The predicted octanol–water partition coefficient (Wildman–Crippen LogP) is 4.77. The second-order valence-corrected chi connectivity index (χ2v) is 7.56. The van der Waals surface area contributed by atoms with Crippen molar-refractivity contribution in [2.24, 2.45) is 0 Å². The number of methoxy groups -OCH3 is 3. The van der Waals surface area contributed by atoms with Crippen LogP contribution in [0.15, 0.2) is 41.3 Å². The number of ether oxygens (including phenoxy) is 3. The highest BCUT2D eigenvalue weighted by Gasteiger charge is 2.33. The Morgan fingerprint density at radius 1 is 1.04 bits per heavy atom. The molecule has 2 aromatic rings. The monoisotopic (exact) mass is 421 g/mol. The summed E-state index contributed by atoms with van der Waals surface area (Å²) in [5.41, 5.74) is 1.41. The van der Waals surface area contributed by atoms with Crippen LogP contribution in [0.2, 0.25) is 5.02 Å². The van der Waals surface area contributed by atoms with Gasteiger partial charge in [0.25, 0.3) is 5.91 Å². The summed E-state index contributed by atoms with van der Waals surface area (Å²) in [6.07, 6.45) is 1.75. The normalized spacial score (nSPS) is 15.4. The second-order valence-electron chi connectivity index (χ2n) is 5.45. The van der Waals surface area contributed by atoms with Crippen LogP contribution in [-0.2, 0) is 4.79 Å². The summed E-state index contributed by atoms with van der Waals surface area (Å²) in [6, 6.07) is 10.5. The number of rotatable bonds is 5. The van der Waals surface area contributed by atoms with E-state index in [0.717, 1.165) is 5.56 Å². The van der Waals surface area contributed by atoms with Crippen molar-refractivity contribution in [3.63, 3.8) is 0 Å². The van der Waals surface area contributed by atoms with E-state index in [-0.39, 0.29) is 5.91 Å². The van der Waals surface area contributed by atoms with Crippen molar-refractivity contribution in [2.75, 3.05) is 26.2 Å². The fourth-order valence-corrected chi connectivity index (χ4v) is 4.04. The van der Waals surface area contributed by atoms with Crippen LogP contribution >= 0.6 is 35.6 Å². The first-order valence-corrected chi connectivity index (χ1v) is 9.42. The minimum atomic E-state index is -0.193. The van der Waals surface area contributed by atoms with E-state index in [1.807, 2.05) is 0 Å². The lowest BCUT2D eigenvalue weighted by Gasteiger charge is -2.14. The zero-order chi connectivity index (χ0) is 19.6. The van der Waals surface area contributed by atoms with Crippen LogP contribution in [-0.4, -0.2) is 31.6 Å². The number of carbonyl (C=O) groups is 1. The molecule has 1 saturated heterocycles. The Morgan fingerprint density at radius 3 is 2.15 bits per heavy atom. The second kappa shape index (κ2) is 8.21. The molecule has 1 amide bonds. The SMILES string of the molecule is COc1cc(/C=C2\SC(=S)N(c3ccc(Cl)cc3)C2=O)cc(OC)c1OC. The van der Waals surface area contributed by atoms with E-state index in [1.54, 1.807) is 56.7 Å². The van der Waals surface area contributed by atoms with E-state index in [0.29, 0.717) is 37.2 Å². The summed E-state index contributed by atoms with van der Waals surface area (Å²) in [5.74, 6) is 1.32. The highest BCUT2D eigenvalue weighted by atomic mass is 35.5. The van der Waals surface area contributed by atoms with Crippen molar-refractivity contribution in [3.8, 4) is 17.2 Å². The standard InChI is InChI=1S/C19H16ClNO4S2/c1-23-14-8-11(9-15(24-2)17(14)25-3)10-16-18(22)21(19(26)27-16)13-6-4-12(20)5-7-13/h4-10H,1-3H3/b16-10-. The molecule has 0 aromatic heterocycles. The van der Waals surface area contributed by atoms with E-state index < -0.39 is 0 Å². The van der Waals surface area contributed by atoms with E-state index in [9.17, 15) is 4.79 Å². The zero-order valence-electron chi connectivity index (χ0n) is 14.8. The molecule has 0 unspecified atom stereocenters. The van der Waals surface area contributed by atoms with Gasteiger partial charge in [-0.05, 0) is 48.0 Å². The van der Waals surface area contributed by atoms with Crippen LogP contribution in [0.1, 0.15) is 5.56 Å². The average Bonchev–Trinajstić information content (AvgIpc) is 2.95. The highest BCUT2D eigenvalue weighted by Crippen LogP contribution is 2.41. The van der Waals surface area contributed by atoms with Gasteiger partial charge in [-0.3, -0.25) is 9.69 Å². The van der Waals surface area contributed by atoms with Crippen LogP contribution in [0.5, 0.6) is 17.2 Å². The molecular weight excluding hydrogens is 406 g/mol. The van der Waals surface area contributed by atoms with Crippen LogP contribution in [0.4, 0.5) is 5.69 Å². The van der Waals surface area contributed by atoms with Gasteiger partial charge in [-0.15, -0.1) is 0 Å². The Labute approximate surface area is 171 Å². The van der Waals surface area contributed by atoms with Crippen LogP contribution < -0.4 is 19.1 Å². The maximum atomic E-state index is 12.9. The van der Waals surface area contributed by atoms with Gasteiger partial charge in [0.05, 0.1) is 31.9 Å². The first-order chi connectivity index (χ1) is 13.0. The molecule has 27 heavy (non-hydrogen) atoms. The van der Waals surface area contributed by atoms with Gasteiger partial charge in [-0.1, -0.05) is 35.6 Å². The summed E-state index contributed by atoms with van der Waals surface area (Å²) in [4.78, 5) is 14.9. The van der Waals surface area contributed by atoms with E-state index in [1.165, 1.54) is 23.8 Å². The summed E-state index contributed by atoms with van der Waals surface area (Å²) in [5, 5.41) is 0.595. The van der Waals surface area contributed by atoms with Gasteiger partial charge in [-0.2, -0.15) is 0 Å². The molecule has 140 valence electrons. The molecule has 0 aliphatic carbocycles. The Balaban J connectivity index is 1.97. The number of thioether (sulfide) groups is 1. The Morgan fingerprint density at radius 2 is 1.63 bits per heavy atom. The first-order valence-electron chi connectivity index (χ1n) is 7.82. The molecule has 1 aliphatic heterocycles. The molecular formula is C19H16ClNO4S2. The van der Waals surface area contributed by atoms with Gasteiger partial charge in [0.2, 0.25) is 5.75 Å². The maximum Gasteiger partial charge on any atom is 0.270 e. The number of hydrogen-bond acceptors (Lipinski definition) is 6. The topological polar surface area (TPSA) is 48.0 Å². The molecule has 1 heterocycles. The fourth-order valence-electron chi connectivity index (χ4n) is 2.62. The van der Waals surface area contributed by atoms with Crippen LogP contribution in [0.3, 0.4) is 0 Å². The van der Waals surface area contributed by atoms with Crippen molar-refractivity contribution >= 4 is 57.6 Å². The molecule has 0 N–H and O–H groups in total. The van der Waals surface area contributed by atoms with Crippen molar-refractivity contribution < 1.29 is 19.0 Å². The average molecular weight is 422 g/mol. The summed E-state index contributed by atoms with van der Waals surface area (Å²) < 4.78 is 16.5. The third kappa shape index (κ3) is 3.90. The first kappa shape index (κ1) is 19.5. The number of thiocarbonyl (C=S) groups is 1. The quantitative estimate of drug-likeness (QED) is 0.512. The number of nitrogens with zero attached hydrogens (tertiary/aromatic N) is 1. The molecule has 0 bridgehead atoms.